The molecule has 0 bridgehead atoms. The van der Waals surface area contributed by atoms with Crippen molar-refractivity contribution in [3.63, 3.8) is 0 Å². The number of carbonyl (C=O) groups is 2. The summed E-state index contributed by atoms with van der Waals surface area (Å²) in [7, 11) is 0. The maximum atomic E-state index is 14.1. The summed E-state index contributed by atoms with van der Waals surface area (Å²) in [6.45, 7) is 0. The molecule has 1 aliphatic heterocycles. The Kier molecular flexibility index (Phi) is 3.96. The molecule has 1 aromatic carbocycles. The lowest BCUT2D eigenvalue weighted by Crippen LogP contribution is -2.46. The number of benzene rings is 1. The second-order valence-electron chi connectivity index (χ2n) is 5.23. The lowest BCUT2D eigenvalue weighted by Gasteiger charge is -2.27. The van der Waals surface area contributed by atoms with Crippen LogP contribution in [-0.4, -0.2) is 39.1 Å². The molecule has 3 rings (SSSR count). The predicted octanol–water partition coefficient (Wildman–Crippen LogP) is 2.97. The summed E-state index contributed by atoms with van der Waals surface area (Å²) < 4.78 is 14.3. The van der Waals surface area contributed by atoms with E-state index in [9.17, 15) is 19.1 Å². The number of amides is 1. The number of hydrogen-bond donors (Lipinski definition) is 1. The van der Waals surface area contributed by atoms with Gasteiger partial charge in [-0.25, -0.2) is 9.18 Å². The first-order valence-corrected chi connectivity index (χ1v) is 8.46. The zero-order valence-corrected chi connectivity index (χ0v) is 13.4. The highest BCUT2D eigenvalue weighted by Gasteiger charge is 2.48. The summed E-state index contributed by atoms with van der Waals surface area (Å²) >= 11 is 4.54. The smallest absolute Gasteiger partial charge is 0.327 e. The molecule has 1 amide bonds. The molecule has 4 nitrogen and oxygen atoms in total. The summed E-state index contributed by atoms with van der Waals surface area (Å²) in [4.78, 5) is 25.4. The minimum Gasteiger partial charge on any atom is -0.480 e. The van der Waals surface area contributed by atoms with Gasteiger partial charge in [0.1, 0.15) is 11.9 Å². The van der Waals surface area contributed by atoms with E-state index in [0.717, 1.165) is 12.8 Å². The van der Waals surface area contributed by atoms with Crippen molar-refractivity contribution in [1.82, 2.24) is 4.90 Å². The molecule has 2 aliphatic rings. The average Bonchev–Trinajstić information content (AvgIpc) is 3.19. The van der Waals surface area contributed by atoms with Crippen molar-refractivity contribution >= 4 is 39.6 Å². The molecule has 7 heteroatoms. The Hall–Kier alpha value is -1.08. The van der Waals surface area contributed by atoms with Crippen LogP contribution >= 0.6 is 27.7 Å². The van der Waals surface area contributed by atoms with Crippen LogP contribution in [0.2, 0.25) is 0 Å². The molecule has 1 N–H and O–H groups in total. The minimum absolute atomic E-state index is 0.0798. The molecule has 2 unspecified atom stereocenters. The Morgan fingerprint density at radius 1 is 1.38 bits per heavy atom. The molecule has 21 heavy (non-hydrogen) atoms. The quantitative estimate of drug-likeness (QED) is 0.884. The first-order valence-electron chi connectivity index (χ1n) is 6.61. The van der Waals surface area contributed by atoms with E-state index in [1.54, 1.807) is 6.07 Å². The number of carbonyl (C=O) groups excluding carboxylic acids is 1. The SMILES string of the molecule is O=C(O)C1CSC(C2CC2)N1C(=O)c1cccc(Br)c1F. The van der Waals surface area contributed by atoms with Gasteiger partial charge >= 0.3 is 5.97 Å². The van der Waals surface area contributed by atoms with Crippen LogP contribution in [0.5, 0.6) is 0 Å². The lowest BCUT2D eigenvalue weighted by atomic mass is 10.1. The lowest BCUT2D eigenvalue weighted by molar-refractivity contribution is -0.141. The number of carboxylic acids is 1. The van der Waals surface area contributed by atoms with Crippen LogP contribution in [0.3, 0.4) is 0 Å². The molecular weight excluding hydrogens is 361 g/mol. The monoisotopic (exact) mass is 373 g/mol. The van der Waals surface area contributed by atoms with Gasteiger partial charge in [-0.05, 0) is 46.8 Å². The zero-order valence-electron chi connectivity index (χ0n) is 11.0. The summed E-state index contributed by atoms with van der Waals surface area (Å²) in [5, 5.41) is 9.16. The Balaban J connectivity index is 1.96. The fourth-order valence-corrected chi connectivity index (χ4v) is 4.52. The molecule has 0 radical (unpaired) electrons. The first-order chi connectivity index (χ1) is 10.0. The predicted molar refractivity (Wildman–Crippen MR) is 80.7 cm³/mol. The third kappa shape index (κ3) is 2.68. The van der Waals surface area contributed by atoms with Crippen LogP contribution in [0.15, 0.2) is 22.7 Å². The van der Waals surface area contributed by atoms with E-state index in [-0.39, 0.29) is 15.4 Å². The van der Waals surface area contributed by atoms with E-state index >= 15 is 0 Å². The number of rotatable bonds is 3. The molecule has 112 valence electrons. The van der Waals surface area contributed by atoms with Gasteiger partial charge in [0.25, 0.3) is 5.91 Å². The summed E-state index contributed by atoms with van der Waals surface area (Å²) in [6.07, 6.45) is 1.99. The van der Waals surface area contributed by atoms with Crippen molar-refractivity contribution in [2.45, 2.75) is 24.3 Å². The van der Waals surface area contributed by atoms with Crippen LogP contribution < -0.4 is 0 Å². The van der Waals surface area contributed by atoms with Crippen LogP contribution in [0, 0.1) is 11.7 Å². The van der Waals surface area contributed by atoms with E-state index in [1.165, 1.54) is 28.8 Å². The molecule has 1 aliphatic carbocycles. The summed E-state index contributed by atoms with van der Waals surface area (Å²) in [5.41, 5.74) is -0.0798. The molecule has 0 spiro atoms. The topological polar surface area (TPSA) is 57.6 Å². The fraction of sp³-hybridized carbons (Fsp3) is 0.429. The summed E-state index contributed by atoms with van der Waals surface area (Å²) in [5.74, 6) is -1.52. The highest BCUT2D eigenvalue weighted by molar-refractivity contribution is 9.10. The first kappa shape index (κ1) is 14.8. The van der Waals surface area contributed by atoms with Crippen molar-refractivity contribution in [1.29, 1.82) is 0 Å². The Labute approximate surface area is 133 Å². The second-order valence-corrected chi connectivity index (χ2v) is 7.23. The van der Waals surface area contributed by atoms with Gasteiger partial charge in [-0.15, -0.1) is 11.8 Å². The number of halogens is 2. The Morgan fingerprint density at radius 2 is 2.10 bits per heavy atom. The molecule has 2 atom stereocenters. The van der Waals surface area contributed by atoms with Crippen LogP contribution in [0.25, 0.3) is 0 Å². The van der Waals surface area contributed by atoms with Crippen molar-refractivity contribution in [2.75, 3.05) is 5.75 Å². The van der Waals surface area contributed by atoms with Gasteiger partial charge in [0, 0.05) is 5.75 Å². The zero-order chi connectivity index (χ0) is 15.1. The Morgan fingerprint density at radius 3 is 2.71 bits per heavy atom. The van der Waals surface area contributed by atoms with E-state index in [2.05, 4.69) is 15.9 Å². The van der Waals surface area contributed by atoms with Crippen molar-refractivity contribution in [3.8, 4) is 0 Å². The highest BCUT2D eigenvalue weighted by Crippen LogP contribution is 2.46. The van der Waals surface area contributed by atoms with E-state index in [4.69, 9.17) is 0 Å². The normalized spacial score (nSPS) is 25.1. The van der Waals surface area contributed by atoms with E-state index in [0.29, 0.717) is 11.7 Å². The highest BCUT2D eigenvalue weighted by atomic mass is 79.9. The standard InChI is InChI=1S/C14H13BrFNO3S/c15-9-3-1-2-8(11(9)16)12(18)17-10(14(19)20)6-21-13(17)7-4-5-7/h1-3,7,10,13H,4-6H2,(H,19,20). The fourth-order valence-electron chi connectivity index (χ4n) is 2.53. The van der Waals surface area contributed by atoms with Crippen LogP contribution in [-0.2, 0) is 4.79 Å². The van der Waals surface area contributed by atoms with Gasteiger partial charge in [0.15, 0.2) is 0 Å². The third-order valence-corrected chi connectivity index (χ3v) is 5.84. The van der Waals surface area contributed by atoms with Gasteiger partial charge in [-0.1, -0.05) is 6.07 Å². The average molecular weight is 374 g/mol. The number of nitrogens with zero attached hydrogens (tertiary/aromatic N) is 1. The molecule has 2 fully saturated rings. The van der Waals surface area contributed by atoms with E-state index < -0.39 is 23.7 Å². The maximum absolute atomic E-state index is 14.1. The molecule has 1 saturated heterocycles. The van der Waals surface area contributed by atoms with Gasteiger partial charge in [0.05, 0.1) is 15.4 Å². The molecule has 0 aromatic heterocycles. The Bertz CT molecular complexity index is 608. The number of thioether (sulfide) groups is 1. The van der Waals surface area contributed by atoms with Gasteiger partial charge in [-0.3, -0.25) is 4.79 Å². The molecule has 1 saturated carbocycles. The second kappa shape index (κ2) is 5.61. The van der Waals surface area contributed by atoms with Crippen LogP contribution in [0.1, 0.15) is 23.2 Å². The van der Waals surface area contributed by atoms with E-state index in [1.807, 2.05) is 0 Å². The number of aliphatic carboxylic acids is 1. The van der Waals surface area contributed by atoms with Gasteiger partial charge in [-0.2, -0.15) is 0 Å². The number of hydrogen-bond acceptors (Lipinski definition) is 3. The molecule has 1 aromatic rings. The molecular formula is C14H13BrFNO3S. The van der Waals surface area contributed by atoms with Crippen molar-refractivity contribution in [3.05, 3.63) is 34.1 Å². The van der Waals surface area contributed by atoms with Crippen LogP contribution in [0.4, 0.5) is 4.39 Å². The third-order valence-electron chi connectivity index (χ3n) is 3.76. The molecule has 1 heterocycles. The largest absolute Gasteiger partial charge is 0.480 e. The summed E-state index contributed by atoms with van der Waals surface area (Å²) in [6, 6.07) is 3.60. The van der Waals surface area contributed by atoms with Gasteiger partial charge in [0.2, 0.25) is 0 Å². The number of carboxylic acid groups (broad SMARTS) is 1. The van der Waals surface area contributed by atoms with Gasteiger partial charge < -0.3 is 10.0 Å². The minimum atomic E-state index is -1.03. The maximum Gasteiger partial charge on any atom is 0.327 e. The van der Waals surface area contributed by atoms with Crippen molar-refractivity contribution < 1.29 is 19.1 Å². The van der Waals surface area contributed by atoms with Crippen molar-refractivity contribution in [2.24, 2.45) is 5.92 Å².